The Balaban J connectivity index is 1.91. The summed E-state index contributed by atoms with van der Waals surface area (Å²) in [6.45, 7) is 3.96. The number of nitrogens with zero attached hydrogens (tertiary/aromatic N) is 6. The van der Waals surface area contributed by atoms with Crippen LogP contribution in [0.2, 0.25) is 0 Å². The minimum absolute atomic E-state index is 0.426. The van der Waals surface area contributed by atoms with Gasteiger partial charge < -0.3 is 5.32 Å². The summed E-state index contributed by atoms with van der Waals surface area (Å²) in [5, 5.41) is 15.8. The molecule has 2 aromatic heterocycles. The van der Waals surface area contributed by atoms with Crippen LogP contribution in [0.4, 0.5) is 0 Å². The molecule has 0 spiro atoms. The maximum atomic E-state index is 4.44. The van der Waals surface area contributed by atoms with Gasteiger partial charge in [0, 0.05) is 26.6 Å². The van der Waals surface area contributed by atoms with Gasteiger partial charge in [-0.3, -0.25) is 0 Å². The molecule has 0 bridgehead atoms. The van der Waals surface area contributed by atoms with Crippen LogP contribution in [0.3, 0.4) is 0 Å². The van der Waals surface area contributed by atoms with E-state index in [4.69, 9.17) is 0 Å². The lowest BCUT2D eigenvalue weighted by molar-refractivity contribution is 0.313. The van der Waals surface area contributed by atoms with E-state index in [1.807, 2.05) is 24.9 Å². The number of nitrogens with one attached hydrogen (secondary N) is 1. The second-order valence-corrected chi connectivity index (χ2v) is 4.22. The lowest BCUT2D eigenvalue weighted by Crippen LogP contribution is -2.43. The monoisotopic (exact) mass is 233 g/mol. The Labute approximate surface area is 98.8 Å². The predicted octanol–water partition coefficient (Wildman–Crippen LogP) is -0.220. The molecule has 7 heteroatoms. The van der Waals surface area contributed by atoms with Crippen molar-refractivity contribution in [3.8, 4) is 11.5 Å². The van der Waals surface area contributed by atoms with E-state index in [1.165, 1.54) is 0 Å². The molecule has 2 aromatic rings. The summed E-state index contributed by atoms with van der Waals surface area (Å²) < 4.78 is 3.65. The smallest absolute Gasteiger partial charge is 0.180 e. The van der Waals surface area contributed by atoms with Crippen LogP contribution < -0.4 is 5.32 Å². The Kier molecular flexibility index (Phi) is 2.40. The second kappa shape index (κ2) is 3.92. The maximum absolute atomic E-state index is 4.44. The van der Waals surface area contributed by atoms with Crippen molar-refractivity contribution in [3.63, 3.8) is 0 Å². The molecule has 0 amide bonds. The molecule has 1 aliphatic heterocycles. The van der Waals surface area contributed by atoms with Crippen molar-refractivity contribution < 1.29 is 0 Å². The van der Waals surface area contributed by atoms with E-state index in [1.54, 1.807) is 4.68 Å². The summed E-state index contributed by atoms with van der Waals surface area (Å²) >= 11 is 0. The zero-order valence-electron chi connectivity index (χ0n) is 9.96. The molecule has 0 aromatic carbocycles. The van der Waals surface area contributed by atoms with Gasteiger partial charge in [0.05, 0.1) is 12.2 Å². The van der Waals surface area contributed by atoms with E-state index in [-0.39, 0.29) is 0 Å². The fourth-order valence-corrected chi connectivity index (χ4v) is 1.83. The molecule has 3 heterocycles. The third kappa shape index (κ3) is 1.72. The van der Waals surface area contributed by atoms with Crippen molar-refractivity contribution in [2.45, 2.75) is 19.4 Å². The van der Waals surface area contributed by atoms with Crippen LogP contribution in [-0.2, 0) is 13.5 Å². The van der Waals surface area contributed by atoms with Gasteiger partial charge in [-0.2, -0.15) is 5.10 Å². The van der Waals surface area contributed by atoms with Gasteiger partial charge in [0.1, 0.15) is 5.69 Å². The van der Waals surface area contributed by atoms with Crippen LogP contribution in [0.1, 0.15) is 18.8 Å². The van der Waals surface area contributed by atoms with Gasteiger partial charge in [0.25, 0.3) is 0 Å². The molecule has 0 aliphatic carbocycles. The second-order valence-electron chi connectivity index (χ2n) is 4.22. The van der Waals surface area contributed by atoms with Crippen LogP contribution in [0, 0.1) is 0 Å². The molecule has 0 atom stereocenters. The molecule has 0 radical (unpaired) electrons. The molecule has 1 fully saturated rings. The molecular formula is C10H15N7. The normalized spacial score (nSPS) is 16.1. The number of hydrogen-bond acceptors (Lipinski definition) is 5. The summed E-state index contributed by atoms with van der Waals surface area (Å²) in [6.07, 6.45) is 2.77. The van der Waals surface area contributed by atoms with E-state index in [0.717, 1.165) is 36.9 Å². The first-order chi connectivity index (χ1) is 8.28. The summed E-state index contributed by atoms with van der Waals surface area (Å²) in [6, 6.07) is 0.426. The fourth-order valence-electron chi connectivity index (χ4n) is 1.83. The van der Waals surface area contributed by atoms with Crippen LogP contribution in [0.25, 0.3) is 11.5 Å². The largest absolute Gasteiger partial charge is 0.312 e. The Hall–Kier alpha value is -1.76. The van der Waals surface area contributed by atoms with E-state index in [2.05, 4.69) is 25.7 Å². The fraction of sp³-hybridized carbons (Fsp3) is 0.600. The van der Waals surface area contributed by atoms with Gasteiger partial charge in [-0.25, -0.2) is 14.3 Å². The Morgan fingerprint density at radius 3 is 2.88 bits per heavy atom. The van der Waals surface area contributed by atoms with Gasteiger partial charge in [-0.1, -0.05) is 12.1 Å². The van der Waals surface area contributed by atoms with Gasteiger partial charge in [-0.05, 0) is 0 Å². The van der Waals surface area contributed by atoms with Crippen LogP contribution in [-0.4, -0.2) is 42.8 Å². The summed E-state index contributed by atoms with van der Waals surface area (Å²) in [5.41, 5.74) is 0.784. The van der Waals surface area contributed by atoms with Crippen molar-refractivity contribution in [1.82, 2.24) is 35.1 Å². The number of aryl methyl sites for hydroxylation is 2. The number of rotatable bonds is 3. The minimum Gasteiger partial charge on any atom is -0.312 e. The maximum Gasteiger partial charge on any atom is 0.180 e. The van der Waals surface area contributed by atoms with E-state index < -0.39 is 0 Å². The van der Waals surface area contributed by atoms with Gasteiger partial charge in [-0.15, -0.1) is 5.10 Å². The van der Waals surface area contributed by atoms with Gasteiger partial charge >= 0.3 is 0 Å². The molecule has 0 saturated carbocycles. The number of aromatic nitrogens is 6. The Bertz CT molecular complexity index is 522. The molecule has 1 saturated heterocycles. The van der Waals surface area contributed by atoms with E-state index in [0.29, 0.717) is 6.04 Å². The highest BCUT2D eigenvalue weighted by Crippen LogP contribution is 2.16. The minimum atomic E-state index is 0.426. The molecular weight excluding hydrogens is 218 g/mol. The SMILES string of the molecule is CCc1nc(-c2cn(C3CNC3)nn2)n(C)n1. The average Bonchev–Trinajstić information content (AvgIpc) is 2.82. The zero-order valence-corrected chi connectivity index (χ0v) is 9.96. The van der Waals surface area contributed by atoms with E-state index >= 15 is 0 Å². The van der Waals surface area contributed by atoms with Crippen LogP contribution in [0.15, 0.2) is 6.20 Å². The molecule has 90 valence electrons. The molecule has 1 N–H and O–H groups in total. The molecule has 3 rings (SSSR count). The molecule has 7 nitrogen and oxygen atoms in total. The first-order valence-electron chi connectivity index (χ1n) is 5.80. The molecule has 1 aliphatic rings. The highest BCUT2D eigenvalue weighted by atomic mass is 15.5. The van der Waals surface area contributed by atoms with Crippen molar-refractivity contribution in [1.29, 1.82) is 0 Å². The van der Waals surface area contributed by atoms with Crippen molar-refractivity contribution in [3.05, 3.63) is 12.0 Å². The first-order valence-corrected chi connectivity index (χ1v) is 5.80. The summed E-state index contributed by atoms with van der Waals surface area (Å²) in [7, 11) is 1.88. The molecule has 17 heavy (non-hydrogen) atoms. The highest BCUT2D eigenvalue weighted by Gasteiger charge is 2.21. The summed E-state index contributed by atoms with van der Waals surface area (Å²) in [5.74, 6) is 1.61. The van der Waals surface area contributed by atoms with Crippen molar-refractivity contribution in [2.75, 3.05) is 13.1 Å². The van der Waals surface area contributed by atoms with Crippen LogP contribution >= 0.6 is 0 Å². The Morgan fingerprint density at radius 2 is 2.29 bits per heavy atom. The summed E-state index contributed by atoms with van der Waals surface area (Å²) in [4.78, 5) is 4.44. The standard InChI is InChI=1S/C10H15N7/c1-3-9-12-10(16(2)14-9)8-6-17(15-13-8)7-4-11-5-7/h6-7,11H,3-5H2,1-2H3. The predicted molar refractivity (Wildman–Crippen MR) is 61.3 cm³/mol. The third-order valence-corrected chi connectivity index (χ3v) is 3.00. The van der Waals surface area contributed by atoms with Crippen LogP contribution in [0.5, 0.6) is 0 Å². The topological polar surface area (TPSA) is 73.5 Å². The third-order valence-electron chi connectivity index (χ3n) is 3.00. The van der Waals surface area contributed by atoms with Crippen molar-refractivity contribution in [2.24, 2.45) is 7.05 Å². The lowest BCUT2D eigenvalue weighted by Gasteiger charge is -2.26. The van der Waals surface area contributed by atoms with Gasteiger partial charge in [0.15, 0.2) is 11.6 Å². The first kappa shape index (κ1) is 10.4. The van der Waals surface area contributed by atoms with Crippen molar-refractivity contribution >= 4 is 0 Å². The zero-order chi connectivity index (χ0) is 11.8. The molecule has 0 unspecified atom stereocenters. The van der Waals surface area contributed by atoms with Gasteiger partial charge in [0.2, 0.25) is 0 Å². The quantitative estimate of drug-likeness (QED) is 0.793. The lowest BCUT2D eigenvalue weighted by atomic mass is 10.2. The average molecular weight is 233 g/mol. The highest BCUT2D eigenvalue weighted by molar-refractivity contribution is 5.46. The number of hydrogen-bond donors (Lipinski definition) is 1. The van der Waals surface area contributed by atoms with E-state index in [9.17, 15) is 0 Å². The Morgan fingerprint density at radius 1 is 1.47 bits per heavy atom.